The van der Waals surface area contributed by atoms with Crippen LogP contribution in [0.1, 0.15) is 31.2 Å². The Morgan fingerprint density at radius 3 is 2.56 bits per heavy atom. The van der Waals surface area contributed by atoms with Crippen molar-refractivity contribution >= 4 is 17.5 Å². The van der Waals surface area contributed by atoms with Gasteiger partial charge in [0, 0.05) is 44.2 Å². The summed E-state index contributed by atoms with van der Waals surface area (Å²) < 4.78 is 11.7. The molecule has 1 N–H and O–H groups in total. The van der Waals surface area contributed by atoms with E-state index in [1.165, 1.54) is 4.90 Å². The number of nitrogens with zero attached hydrogens (tertiary/aromatic N) is 1. The van der Waals surface area contributed by atoms with Crippen molar-refractivity contribution in [3.05, 3.63) is 46.7 Å². The second kappa shape index (κ2) is 9.22. The second-order valence-electron chi connectivity index (χ2n) is 6.28. The van der Waals surface area contributed by atoms with Crippen LogP contribution in [0.5, 0.6) is 0 Å². The van der Waals surface area contributed by atoms with Crippen LogP contribution in [-0.2, 0) is 14.3 Å². The number of benzene rings is 1. The van der Waals surface area contributed by atoms with Crippen molar-refractivity contribution in [2.24, 2.45) is 5.92 Å². The molecule has 138 valence electrons. The summed E-state index contributed by atoms with van der Waals surface area (Å²) in [6.45, 7) is 2.49. The fourth-order valence-electron chi connectivity index (χ4n) is 3.04. The zero-order valence-electron chi connectivity index (χ0n) is 14.9. The highest BCUT2D eigenvalue weighted by Crippen LogP contribution is 2.39. The maximum atomic E-state index is 12.4. The van der Waals surface area contributed by atoms with E-state index >= 15 is 0 Å². The summed E-state index contributed by atoms with van der Waals surface area (Å²) in [5.74, 6) is 0.0629. The first-order chi connectivity index (χ1) is 12.0. The Hall–Kier alpha value is -1.56. The fourth-order valence-corrected chi connectivity index (χ4v) is 3.17. The van der Waals surface area contributed by atoms with E-state index in [0.29, 0.717) is 23.8 Å². The molecule has 1 amide bonds. The number of ether oxygens (including phenoxy) is 2. The van der Waals surface area contributed by atoms with Crippen molar-refractivity contribution in [3.63, 3.8) is 0 Å². The van der Waals surface area contributed by atoms with E-state index in [2.05, 4.69) is 0 Å². The molecule has 1 aliphatic heterocycles. The molecule has 6 heteroatoms. The largest absolute Gasteiger partial charge is 0.459 e. The summed E-state index contributed by atoms with van der Waals surface area (Å²) in [6, 6.07) is 7.60. The van der Waals surface area contributed by atoms with Gasteiger partial charge in [-0.2, -0.15) is 0 Å². The molecular weight excluding hydrogens is 342 g/mol. The van der Waals surface area contributed by atoms with Gasteiger partial charge in [0.2, 0.25) is 6.29 Å². The van der Waals surface area contributed by atoms with Crippen LogP contribution in [-0.4, -0.2) is 49.5 Å². The molecule has 0 spiro atoms. The number of likely N-dealkylation sites (N-methyl/N-ethyl adjacent to an activating group) is 1. The van der Waals surface area contributed by atoms with Crippen LogP contribution in [0.4, 0.5) is 0 Å². The van der Waals surface area contributed by atoms with Crippen LogP contribution >= 0.6 is 11.6 Å². The third kappa shape index (κ3) is 4.97. The van der Waals surface area contributed by atoms with Gasteiger partial charge in [0.05, 0.1) is 0 Å². The molecule has 0 aromatic heterocycles. The summed E-state index contributed by atoms with van der Waals surface area (Å²) in [5, 5.41) is 9.91. The summed E-state index contributed by atoms with van der Waals surface area (Å²) >= 11 is 6.01. The molecule has 1 aromatic carbocycles. The maximum Gasteiger partial charge on any atom is 0.288 e. The topological polar surface area (TPSA) is 59.0 Å². The molecule has 0 unspecified atom stereocenters. The van der Waals surface area contributed by atoms with E-state index in [1.807, 2.05) is 37.3 Å². The Bertz CT molecular complexity index is 600. The van der Waals surface area contributed by atoms with Gasteiger partial charge in [-0.3, -0.25) is 4.79 Å². The van der Waals surface area contributed by atoms with Crippen molar-refractivity contribution in [2.75, 3.05) is 27.3 Å². The fraction of sp³-hybridized carbons (Fsp3) is 0.526. The molecule has 0 bridgehead atoms. The van der Waals surface area contributed by atoms with Crippen molar-refractivity contribution in [3.8, 4) is 0 Å². The van der Waals surface area contributed by atoms with Gasteiger partial charge in [-0.1, -0.05) is 23.7 Å². The molecule has 3 atom stereocenters. The van der Waals surface area contributed by atoms with Gasteiger partial charge in [-0.05, 0) is 43.5 Å². The molecule has 2 rings (SSSR count). The molecule has 25 heavy (non-hydrogen) atoms. The smallest absolute Gasteiger partial charge is 0.288 e. The van der Waals surface area contributed by atoms with Gasteiger partial charge >= 0.3 is 0 Å². The van der Waals surface area contributed by atoms with E-state index in [4.69, 9.17) is 21.1 Å². The predicted octanol–water partition coefficient (Wildman–Crippen LogP) is 3.18. The van der Waals surface area contributed by atoms with E-state index < -0.39 is 6.29 Å². The second-order valence-corrected chi connectivity index (χ2v) is 6.72. The molecule has 1 heterocycles. The van der Waals surface area contributed by atoms with Crippen molar-refractivity contribution in [2.45, 2.75) is 32.0 Å². The lowest BCUT2D eigenvalue weighted by Crippen LogP contribution is -2.38. The number of aliphatic hydroxyl groups excluding tert-OH is 1. The molecule has 0 saturated carbocycles. The molecule has 5 nitrogen and oxygen atoms in total. The Kier molecular flexibility index (Phi) is 7.29. The lowest BCUT2D eigenvalue weighted by Gasteiger charge is -2.37. The number of amides is 1. The highest BCUT2D eigenvalue weighted by molar-refractivity contribution is 6.30. The first-order valence-electron chi connectivity index (χ1n) is 8.56. The van der Waals surface area contributed by atoms with E-state index in [1.54, 1.807) is 14.1 Å². The number of halogens is 1. The molecule has 1 aromatic rings. The maximum absolute atomic E-state index is 12.4. The lowest BCUT2D eigenvalue weighted by atomic mass is 9.80. The molecule has 0 saturated heterocycles. The van der Waals surface area contributed by atoms with Gasteiger partial charge in [-0.15, -0.1) is 0 Å². The number of carbonyl (C=O) groups excluding carboxylic acids is 1. The standard InChI is InChI=1S/C19H26ClNO4/c1-4-24-19-15(6-5-11-22)16(13-7-9-14(20)10-8-13)12-17(25-19)18(23)21(2)3/h7-10,12,15-16,19,22H,4-6,11H2,1-3H3/t15-,16+,19+/m0/s1. The van der Waals surface area contributed by atoms with Crippen LogP contribution in [0.15, 0.2) is 36.1 Å². The summed E-state index contributed by atoms with van der Waals surface area (Å²) in [6.07, 6.45) is 2.71. The third-order valence-electron chi connectivity index (χ3n) is 4.28. The number of hydrogen-bond donors (Lipinski definition) is 1. The Morgan fingerprint density at radius 1 is 1.32 bits per heavy atom. The zero-order chi connectivity index (χ0) is 18.4. The number of carbonyl (C=O) groups is 1. The van der Waals surface area contributed by atoms with E-state index in [-0.39, 0.29) is 24.3 Å². The Morgan fingerprint density at radius 2 is 2.00 bits per heavy atom. The minimum atomic E-state index is -0.527. The minimum absolute atomic E-state index is 0.00647. The number of allylic oxidation sites excluding steroid dienone is 1. The van der Waals surface area contributed by atoms with Gasteiger partial charge in [0.25, 0.3) is 5.91 Å². The lowest BCUT2D eigenvalue weighted by molar-refractivity contribution is -0.169. The van der Waals surface area contributed by atoms with Gasteiger partial charge in [0.15, 0.2) is 5.76 Å². The van der Waals surface area contributed by atoms with Crippen LogP contribution in [0.2, 0.25) is 5.02 Å². The Balaban J connectivity index is 2.42. The summed E-state index contributed by atoms with van der Waals surface area (Å²) in [5.41, 5.74) is 1.05. The molecule has 0 radical (unpaired) electrons. The predicted molar refractivity (Wildman–Crippen MR) is 97.3 cm³/mol. The molecule has 1 aliphatic rings. The number of hydrogen-bond acceptors (Lipinski definition) is 4. The average molecular weight is 368 g/mol. The van der Waals surface area contributed by atoms with Gasteiger partial charge in [-0.25, -0.2) is 0 Å². The van der Waals surface area contributed by atoms with Crippen LogP contribution < -0.4 is 0 Å². The first-order valence-corrected chi connectivity index (χ1v) is 8.93. The molecular formula is C19H26ClNO4. The SMILES string of the molecule is CCO[C@@H]1OC(C(=O)N(C)C)=C[C@H](c2ccc(Cl)cc2)[C@@H]1CCCO. The zero-order valence-corrected chi connectivity index (χ0v) is 15.7. The molecule has 0 fully saturated rings. The number of rotatable bonds is 7. The highest BCUT2D eigenvalue weighted by Gasteiger charge is 2.38. The minimum Gasteiger partial charge on any atom is -0.459 e. The van der Waals surface area contributed by atoms with Crippen molar-refractivity contribution in [1.82, 2.24) is 4.90 Å². The Labute approximate surface area is 154 Å². The van der Waals surface area contributed by atoms with Crippen molar-refractivity contribution in [1.29, 1.82) is 0 Å². The quantitative estimate of drug-likeness (QED) is 0.804. The van der Waals surface area contributed by atoms with Crippen LogP contribution in [0.3, 0.4) is 0 Å². The monoisotopic (exact) mass is 367 g/mol. The van der Waals surface area contributed by atoms with E-state index in [0.717, 1.165) is 12.0 Å². The normalized spacial score (nSPS) is 22.9. The van der Waals surface area contributed by atoms with Gasteiger partial charge < -0.3 is 19.5 Å². The third-order valence-corrected chi connectivity index (χ3v) is 4.54. The summed E-state index contributed by atoms with van der Waals surface area (Å²) in [7, 11) is 3.38. The number of aliphatic hydroxyl groups is 1. The first kappa shape index (κ1) is 19.8. The van der Waals surface area contributed by atoms with Gasteiger partial charge in [0.1, 0.15) is 0 Å². The summed E-state index contributed by atoms with van der Waals surface area (Å²) in [4.78, 5) is 13.9. The molecule has 0 aliphatic carbocycles. The van der Waals surface area contributed by atoms with Crippen LogP contribution in [0, 0.1) is 5.92 Å². The van der Waals surface area contributed by atoms with Crippen molar-refractivity contribution < 1.29 is 19.4 Å². The van der Waals surface area contributed by atoms with Crippen LogP contribution in [0.25, 0.3) is 0 Å². The average Bonchev–Trinajstić information content (AvgIpc) is 2.60. The highest BCUT2D eigenvalue weighted by atomic mass is 35.5. The van der Waals surface area contributed by atoms with E-state index in [9.17, 15) is 9.90 Å².